The van der Waals surface area contributed by atoms with Crippen molar-refractivity contribution < 1.29 is 24.2 Å². The van der Waals surface area contributed by atoms with Gasteiger partial charge in [-0.05, 0) is 6.42 Å². The fourth-order valence-corrected chi connectivity index (χ4v) is 1.89. The molecule has 0 aliphatic carbocycles. The molecule has 0 aromatic rings. The van der Waals surface area contributed by atoms with Crippen molar-refractivity contribution in [2.75, 3.05) is 33.8 Å². The van der Waals surface area contributed by atoms with Crippen LogP contribution < -0.4 is 0 Å². The van der Waals surface area contributed by atoms with Crippen molar-refractivity contribution in [1.29, 1.82) is 0 Å². The van der Waals surface area contributed by atoms with Crippen LogP contribution in [0.15, 0.2) is 0 Å². The molecule has 2 amide bonds. The molecule has 7 nitrogen and oxygen atoms in total. The number of hydrogen-bond donors (Lipinski definition) is 1. The van der Waals surface area contributed by atoms with E-state index < -0.39 is 5.97 Å². The molecule has 1 heterocycles. The number of carboxylic acids is 1. The molecule has 0 aromatic carbocycles. The number of ether oxygens (including phenoxy) is 1. The van der Waals surface area contributed by atoms with E-state index in [2.05, 4.69) is 4.74 Å². The summed E-state index contributed by atoms with van der Waals surface area (Å²) in [7, 11) is 2.88. The molecule has 1 atom stereocenters. The van der Waals surface area contributed by atoms with E-state index in [1.807, 2.05) is 0 Å². The first-order chi connectivity index (χ1) is 8.45. The van der Waals surface area contributed by atoms with E-state index in [-0.39, 0.29) is 30.9 Å². The number of amides is 2. The maximum absolute atomic E-state index is 11.9. The van der Waals surface area contributed by atoms with E-state index in [1.54, 1.807) is 11.9 Å². The lowest BCUT2D eigenvalue weighted by molar-refractivity contribution is -0.144. The van der Waals surface area contributed by atoms with Gasteiger partial charge >= 0.3 is 18.0 Å². The third-order valence-electron chi connectivity index (χ3n) is 2.98. The van der Waals surface area contributed by atoms with Gasteiger partial charge in [-0.25, -0.2) is 4.79 Å². The Kier molecular flexibility index (Phi) is 4.94. The number of rotatable bonds is 4. The quantitative estimate of drug-likeness (QED) is 0.718. The van der Waals surface area contributed by atoms with Gasteiger partial charge in [-0.2, -0.15) is 0 Å². The molecule has 0 aromatic heterocycles. The Bertz CT molecular complexity index is 344. The predicted molar refractivity (Wildman–Crippen MR) is 62.0 cm³/mol. The number of esters is 1. The molecule has 1 rings (SSSR count). The summed E-state index contributed by atoms with van der Waals surface area (Å²) in [6.07, 6.45) is 0.502. The van der Waals surface area contributed by atoms with Gasteiger partial charge in [-0.15, -0.1) is 0 Å². The predicted octanol–water partition coefficient (Wildman–Crippen LogP) is 0.00780. The van der Waals surface area contributed by atoms with Crippen molar-refractivity contribution in [1.82, 2.24) is 9.80 Å². The van der Waals surface area contributed by atoms with Gasteiger partial charge in [0.25, 0.3) is 0 Å². The van der Waals surface area contributed by atoms with Gasteiger partial charge in [0.1, 0.15) is 0 Å². The lowest BCUT2D eigenvalue weighted by atomic mass is 10.1. The minimum absolute atomic E-state index is 0.0868. The first-order valence-electron chi connectivity index (χ1n) is 5.75. The Labute approximate surface area is 105 Å². The van der Waals surface area contributed by atoms with E-state index in [0.29, 0.717) is 19.5 Å². The molecule has 102 valence electrons. The highest BCUT2D eigenvalue weighted by Gasteiger charge is 2.32. The number of carbonyl (C=O) groups excluding carboxylic acids is 2. The maximum atomic E-state index is 11.9. The van der Waals surface area contributed by atoms with Gasteiger partial charge in [0.15, 0.2) is 0 Å². The van der Waals surface area contributed by atoms with Crippen LogP contribution >= 0.6 is 0 Å². The first kappa shape index (κ1) is 14.3. The number of nitrogens with zero attached hydrogens (tertiary/aromatic N) is 2. The number of carboxylic acid groups (broad SMARTS) is 1. The van der Waals surface area contributed by atoms with Crippen LogP contribution in [0.4, 0.5) is 4.79 Å². The van der Waals surface area contributed by atoms with Crippen LogP contribution in [0, 0.1) is 5.92 Å². The van der Waals surface area contributed by atoms with Crippen LogP contribution in [0.5, 0.6) is 0 Å². The van der Waals surface area contributed by atoms with E-state index in [9.17, 15) is 14.4 Å². The minimum Gasteiger partial charge on any atom is -0.481 e. The largest absolute Gasteiger partial charge is 0.481 e. The molecule has 1 unspecified atom stereocenters. The number of urea groups is 1. The number of aliphatic carboxylic acids is 1. The maximum Gasteiger partial charge on any atom is 0.319 e. The van der Waals surface area contributed by atoms with Crippen molar-refractivity contribution in [3.05, 3.63) is 0 Å². The zero-order chi connectivity index (χ0) is 13.7. The summed E-state index contributed by atoms with van der Waals surface area (Å²) in [6.45, 7) is 0.993. The summed E-state index contributed by atoms with van der Waals surface area (Å²) in [5.74, 6) is -1.52. The molecule has 0 saturated carbocycles. The van der Waals surface area contributed by atoms with Crippen LogP contribution in [0.2, 0.25) is 0 Å². The van der Waals surface area contributed by atoms with Crippen LogP contribution in [0.3, 0.4) is 0 Å². The molecular formula is C11H18N2O5. The number of likely N-dealkylation sites (tertiary alicyclic amines) is 1. The van der Waals surface area contributed by atoms with Crippen LogP contribution in [-0.4, -0.2) is 66.7 Å². The molecule has 0 radical (unpaired) electrons. The molecule has 1 saturated heterocycles. The fourth-order valence-electron chi connectivity index (χ4n) is 1.89. The average molecular weight is 258 g/mol. The second-order valence-corrected chi connectivity index (χ2v) is 4.30. The summed E-state index contributed by atoms with van der Waals surface area (Å²) in [4.78, 5) is 36.6. The van der Waals surface area contributed by atoms with Crippen LogP contribution in [0.1, 0.15) is 12.8 Å². The minimum atomic E-state index is -0.941. The number of methoxy groups -OCH3 is 1. The Balaban J connectivity index is 2.44. The molecule has 1 N–H and O–H groups in total. The second-order valence-electron chi connectivity index (χ2n) is 4.30. The van der Waals surface area contributed by atoms with Crippen LogP contribution in [0.25, 0.3) is 0 Å². The molecule has 0 bridgehead atoms. The highest BCUT2D eigenvalue weighted by atomic mass is 16.5. The standard InChI is InChI=1S/C11H18N2O5/c1-12(5-4-9(14)15)11(17)13-6-3-8(7-13)10(16)18-2/h8H,3-7H2,1-2H3,(H,14,15). The zero-order valence-electron chi connectivity index (χ0n) is 10.6. The highest BCUT2D eigenvalue weighted by molar-refractivity contribution is 5.78. The van der Waals surface area contributed by atoms with Crippen molar-refractivity contribution >= 4 is 18.0 Å². The van der Waals surface area contributed by atoms with Crippen molar-refractivity contribution in [3.8, 4) is 0 Å². The average Bonchev–Trinajstić information content (AvgIpc) is 2.83. The highest BCUT2D eigenvalue weighted by Crippen LogP contribution is 2.18. The summed E-state index contributed by atoms with van der Waals surface area (Å²) >= 11 is 0. The van der Waals surface area contributed by atoms with Gasteiger partial charge in [0.05, 0.1) is 19.4 Å². The number of carbonyl (C=O) groups is 3. The molecule has 1 aliphatic rings. The second kappa shape index (κ2) is 6.23. The lowest BCUT2D eigenvalue weighted by Gasteiger charge is -2.24. The van der Waals surface area contributed by atoms with Gasteiger partial charge in [0, 0.05) is 26.7 Å². The van der Waals surface area contributed by atoms with Crippen molar-refractivity contribution in [2.45, 2.75) is 12.8 Å². The third-order valence-corrected chi connectivity index (χ3v) is 2.98. The molecule has 0 spiro atoms. The molecule has 1 fully saturated rings. The summed E-state index contributed by atoms with van der Waals surface area (Å²) in [5, 5.41) is 8.54. The Morgan fingerprint density at radius 1 is 1.44 bits per heavy atom. The smallest absolute Gasteiger partial charge is 0.319 e. The van der Waals surface area contributed by atoms with Gasteiger partial charge in [-0.1, -0.05) is 0 Å². The van der Waals surface area contributed by atoms with Crippen molar-refractivity contribution in [3.63, 3.8) is 0 Å². The molecule has 1 aliphatic heterocycles. The Morgan fingerprint density at radius 3 is 2.67 bits per heavy atom. The normalized spacial score (nSPS) is 18.6. The van der Waals surface area contributed by atoms with Gasteiger partial charge in [0.2, 0.25) is 0 Å². The Hall–Kier alpha value is -1.79. The molecule has 7 heteroatoms. The van der Waals surface area contributed by atoms with E-state index in [0.717, 1.165) is 0 Å². The molecule has 18 heavy (non-hydrogen) atoms. The SMILES string of the molecule is COC(=O)C1CCN(C(=O)N(C)CCC(=O)O)C1. The van der Waals surface area contributed by atoms with E-state index in [1.165, 1.54) is 12.0 Å². The fraction of sp³-hybridized carbons (Fsp3) is 0.727. The summed E-state index contributed by atoms with van der Waals surface area (Å²) < 4.78 is 4.63. The monoisotopic (exact) mass is 258 g/mol. The van der Waals surface area contributed by atoms with Crippen molar-refractivity contribution in [2.24, 2.45) is 5.92 Å². The van der Waals surface area contributed by atoms with E-state index in [4.69, 9.17) is 5.11 Å². The lowest BCUT2D eigenvalue weighted by Crippen LogP contribution is -2.41. The van der Waals surface area contributed by atoms with Gasteiger partial charge in [-0.3, -0.25) is 9.59 Å². The Morgan fingerprint density at radius 2 is 2.11 bits per heavy atom. The summed E-state index contributed by atoms with van der Waals surface area (Å²) in [6, 6.07) is -0.248. The first-order valence-corrected chi connectivity index (χ1v) is 5.75. The summed E-state index contributed by atoms with van der Waals surface area (Å²) in [5.41, 5.74) is 0. The van der Waals surface area contributed by atoms with E-state index >= 15 is 0 Å². The van der Waals surface area contributed by atoms with Crippen LogP contribution in [-0.2, 0) is 14.3 Å². The third kappa shape index (κ3) is 3.61. The topological polar surface area (TPSA) is 87.2 Å². The zero-order valence-corrected chi connectivity index (χ0v) is 10.6. The molecular weight excluding hydrogens is 240 g/mol. The van der Waals surface area contributed by atoms with Gasteiger partial charge < -0.3 is 19.6 Å². The number of hydrogen-bond acceptors (Lipinski definition) is 4.